The van der Waals surface area contributed by atoms with Crippen LogP contribution >= 0.6 is 0 Å². The van der Waals surface area contributed by atoms with E-state index in [1.807, 2.05) is 6.92 Å². The van der Waals surface area contributed by atoms with Gasteiger partial charge in [0.05, 0.1) is 0 Å². The van der Waals surface area contributed by atoms with Crippen LogP contribution in [-0.2, 0) is 0 Å². The van der Waals surface area contributed by atoms with E-state index in [4.69, 9.17) is 0 Å². The summed E-state index contributed by atoms with van der Waals surface area (Å²) in [6, 6.07) is 3.58. The fourth-order valence-corrected chi connectivity index (χ4v) is 1.99. The number of nitrogens with one attached hydrogen (secondary N) is 1. The van der Waals surface area contributed by atoms with Gasteiger partial charge in [0, 0.05) is 11.6 Å². The van der Waals surface area contributed by atoms with Crippen LogP contribution in [0.2, 0.25) is 0 Å². The summed E-state index contributed by atoms with van der Waals surface area (Å²) in [4.78, 5) is 0. The maximum absolute atomic E-state index is 13.6. The molecule has 1 nitrogen and oxygen atoms in total. The second-order valence-corrected chi connectivity index (χ2v) is 4.27. The molecule has 1 aromatic rings. The van der Waals surface area contributed by atoms with Crippen LogP contribution in [0.25, 0.3) is 0 Å². The molecular weight excluding hydrogens is 220 g/mol. The van der Waals surface area contributed by atoms with Crippen molar-refractivity contribution >= 4 is 0 Å². The van der Waals surface area contributed by atoms with Crippen LogP contribution in [0.5, 0.6) is 0 Å². The van der Waals surface area contributed by atoms with E-state index in [2.05, 4.69) is 12.2 Å². The first-order valence-corrected chi connectivity index (χ1v) is 6.37. The third kappa shape index (κ3) is 4.43. The number of benzene rings is 1. The third-order valence-corrected chi connectivity index (χ3v) is 2.88. The Labute approximate surface area is 102 Å². The van der Waals surface area contributed by atoms with Crippen LogP contribution in [0.3, 0.4) is 0 Å². The molecular formula is C14H21F2N. The molecule has 0 radical (unpaired) electrons. The van der Waals surface area contributed by atoms with Gasteiger partial charge in [0.1, 0.15) is 11.6 Å². The van der Waals surface area contributed by atoms with Gasteiger partial charge in [-0.1, -0.05) is 33.1 Å². The van der Waals surface area contributed by atoms with Crippen molar-refractivity contribution in [2.45, 2.75) is 45.6 Å². The molecule has 0 aliphatic carbocycles. The Morgan fingerprint density at radius 3 is 2.59 bits per heavy atom. The highest BCUT2D eigenvalue weighted by atomic mass is 19.1. The Morgan fingerprint density at radius 1 is 1.18 bits per heavy atom. The summed E-state index contributed by atoms with van der Waals surface area (Å²) < 4.78 is 26.8. The zero-order valence-electron chi connectivity index (χ0n) is 10.6. The molecule has 17 heavy (non-hydrogen) atoms. The fraction of sp³-hybridized carbons (Fsp3) is 0.571. The Bertz CT molecular complexity index is 339. The third-order valence-electron chi connectivity index (χ3n) is 2.88. The molecule has 1 N–H and O–H groups in total. The Morgan fingerprint density at radius 2 is 1.94 bits per heavy atom. The highest BCUT2D eigenvalue weighted by Gasteiger charge is 2.15. The lowest BCUT2D eigenvalue weighted by Crippen LogP contribution is -2.22. The van der Waals surface area contributed by atoms with Gasteiger partial charge >= 0.3 is 0 Å². The van der Waals surface area contributed by atoms with E-state index in [1.165, 1.54) is 12.1 Å². The Hall–Kier alpha value is -0.960. The van der Waals surface area contributed by atoms with Gasteiger partial charge in [-0.3, -0.25) is 0 Å². The van der Waals surface area contributed by atoms with Gasteiger partial charge in [-0.2, -0.15) is 0 Å². The lowest BCUT2D eigenvalue weighted by molar-refractivity contribution is 0.460. The molecule has 0 aliphatic rings. The highest BCUT2D eigenvalue weighted by Crippen LogP contribution is 2.23. The SMILES string of the molecule is CCCCCC(NCC)c1cc(F)ccc1F. The second kappa shape index (κ2) is 7.38. The van der Waals surface area contributed by atoms with Crippen molar-refractivity contribution in [3.63, 3.8) is 0 Å². The van der Waals surface area contributed by atoms with Gasteiger partial charge in [0.2, 0.25) is 0 Å². The minimum absolute atomic E-state index is 0.0813. The summed E-state index contributed by atoms with van der Waals surface area (Å²) in [5.74, 6) is -0.700. The maximum Gasteiger partial charge on any atom is 0.128 e. The van der Waals surface area contributed by atoms with Crippen molar-refractivity contribution in [3.8, 4) is 0 Å². The lowest BCUT2D eigenvalue weighted by atomic mass is 9.99. The van der Waals surface area contributed by atoms with E-state index >= 15 is 0 Å². The first kappa shape index (κ1) is 14.1. The average molecular weight is 241 g/mol. The van der Waals surface area contributed by atoms with Gasteiger partial charge in [0.15, 0.2) is 0 Å². The fourth-order valence-electron chi connectivity index (χ4n) is 1.99. The van der Waals surface area contributed by atoms with Crippen LogP contribution in [0.1, 0.15) is 51.1 Å². The van der Waals surface area contributed by atoms with E-state index in [-0.39, 0.29) is 17.7 Å². The summed E-state index contributed by atoms with van der Waals surface area (Å²) in [6.45, 7) is 4.86. The van der Waals surface area contributed by atoms with Crippen molar-refractivity contribution in [1.29, 1.82) is 0 Å². The van der Waals surface area contributed by atoms with E-state index in [0.717, 1.165) is 38.3 Å². The molecule has 1 atom stereocenters. The number of halogens is 2. The molecule has 0 saturated carbocycles. The summed E-state index contributed by atoms with van der Waals surface area (Å²) in [6.07, 6.45) is 4.13. The van der Waals surface area contributed by atoms with E-state index in [9.17, 15) is 8.78 Å². The largest absolute Gasteiger partial charge is 0.310 e. The van der Waals surface area contributed by atoms with Gasteiger partial charge < -0.3 is 5.32 Å². The Balaban J connectivity index is 2.77. The molecule has 0 fully saturated rings. The zero-order chi connectivity index (χ0) is 12.7. The van der Waals surface area contributed by atoms with Crippen LogP contribution in [0, 0.1) is 11.6 Å². The van der Waals surface area contributed by atoms with Gasteiger partial charge in [-0.15, -0.1) is 0 Å². The smallest absolute Gasteiger partial charge is 0.128 e. The summed E-state index contributed by atoms with van der Waals surface area (Å²) in [5.41, 5.74) is 0.447. The summed E-state index contributed by atoms with van der Waals surface area (Å²) in [7, 11) is 0. The molecule has 0 bridgehead atoms. The van der Waals surface area contributed by atoms with Crippen molar-refractivity contribution < 1.29 is 8.78 Å². The van der Waals surface area contributed by atoms with E-state index < -0.39 is 0 Å². The average Bonchev–Trinajstić information content (AvgIpc) is 2.32. The van der Waals surface area contributed by atoms with Crippen LogP contribution in [0.15, 0.2) is 18.2 Å². The quantitative estimate of drug-likeness (QED) is 0.706. The van der Waals surface area contributed by atoms with Crippen molar-refractivity contribution in [3.05, 3.63) is 35.4 Å². The summed E-state index contributed by atoms with van der Waals surface area (Å²) >= 11 is 0. The van der Waals surface area contributed by atoms with Crippen molar-refractivity contribution in [2.75, 3.05) is 6.54 Å². The molecule has 0 spiro atoms. The van der Waals surface area contributed by atoms with Crippen molar-refractivity contribution in [1.82, 2.24) is 5.32 Å². The first-order chi connectivity index (χ1) is 8.19. The van der Waals surface area contributed by atoms with Crippen LogP contribution in [-0.4, -0.2) is 6.54 Å². The minimum atomic E-state index is -0.375. The normalized spacial score (nSPS) is 12.7. The summed E-state index contributed by atoms with van der Waals surface area (Å²) in [5, 5.41) is 3.22. The predicted molar refractivity (Wildman–Crippen MR) is 66.9 cm³/mol. The molecule has 0 heterocycles. The predicted octanol–water partition coefficient (Wildman–Crippen LogP) is 4.20. The molecule has 1 aromatic carbocycles. The molecule has 0 saturated heterocycles. The van der Waals surface area contributed by atoms with E-state index in [0.29, 0.717) is 5.56 Å². The maximum atomic E-state index is 13.6. The number of hydrogen-bond acceptors (Lipinski definition) is 1. The van der Waals surface area contributed by atoms with Gasteiger partial charge in [-0.25, -0.2) is 8.78 Å². The number of hydrogen-bond donors (Lipinski definition) is 1. The molecule has 1 rings (SSSR count). The second-order valence-electron chi connectivity index (χ2n) is 4.27. The first-order valence-electron chi connectivity index (χ1n) is 6.37. The standard InChI is InChI=1S/C14H21F2N/c1-3-5-6-7-14(17-4-2)12-10-11(15)8-9-13(12)16/h8-10,14,17H,3-7H2,1-2H3. The monoisotopic (exact) mass is 241 g/mol. The van der Waals surface area contributed by atoms with Crippen molar-refractivity contribution in [2.24, 2.45) is 0 Å². The Kier molecular flexibility index (Phi) is 6.12. The molecule has 0 amide bonds. The minimum Gasteiger partial charge on any atom is -0.310 e. The molecule has 96 valence electrons. The van der Waals surface area contributed by atoms with E-state index in [1.54, 1.807) is 0 Å². The number of rotatable bonds is 7. The molecule has 3 heteroatoms. The van der Waals surface area contributed by atoms with Gasteiger partial charge in [0.25, 0.3) is 0 Å². The number of unbranched alkanes of at least 4 members (excludes halogenated alkanes) is 2. The van der Waals surface area contributed by atoms with Crippen LogP contribution < -0.4 is 5.32 Å². The molecule has 0 aliphatic heterocycles. The molecule has 1 unspecified atom stereocenters. The van der Waals surface area contributed by atoms with Gasteiger partial charge in [-0.05, 0) is 31.2 Å². The topological polar surface area (TPSA) is 12.0 Å². The highest BCUT2D eigenvalue weighted by molar-refractivity contribution is 5.22. The zero-order valence-corrected chi connectivity index (χ0v) is 10.6. The van der Waals surface area contributed by atoms with Crippen LogP contribution in [0.4, 0.5) is 8.78 Å². The lowest BCUT2D eigenvalue weighted by Gasteiger charge is -2.19. The molecule has 0 aromatic heterocycles.